The summed E-state index contributed by atoms with van der Waals surface area (Å²) in [7, 11) is 0. The highest BCUT2D eigenvalue weighted by molar-refractivity contribution is 7.12. The highest BCUT2D eigenvalue weighted by atomic mass is 32.1. The van der Waals surface area contributed by atoms with E-state index in [1.54, 1.807) is 11.3 Å². The van der Waals surface area contributed by atoms with E-state index in [-0.39, 0.29) is 6.61 Å². The lowest BCUT2D eigenvalue weighted by molar-refractivity contribution is -0.253. The van der Waals surface area contributed by atoms with E-state index in [1.807, 2.05) is 30.3 Å². The third-order valence-corrected chi connectivity index (χ3v) is 3.17. The van der Waals surface area contributed by atoms with Crippen LogP contribution in [0.2, 0.25) is 0 Å². The highest BCUT2D eigenvalue weighted by Gasteiger charge is 1.93. The Labute approximate surface area is 104 Å². The molecule has 1 aromatic heterocycles. The van der Waals surface area contributed by atoms with Gasteiger partial charge in [-0.25, -0.2) is 4.89 Å². The number of hydrogen-bond acceptors (Lipinski definition) is 3. The molecule has 0 aliphatic carbocycles. The standard InChI is InChI=1S/C14H12O2S/c1-11-2-8-14(17-11)9-7-12-3-5-13(6-4-12)10-16-15/h2-6,8,15H,10H2,1H3. The van der Waals surface area contributed by atoms with Crippen LogP contribution in [-0.2, 0) is 11.5 Å². The lowest BCUT2D eigenvalue weighted by atomic mass is 10.1. The average Bonchev–Trinajstić information content (AvgIpc) is 2.75. The molecule has 0 bridgehead atoms. The molecule has 0 aliphatic rings. The monoisotopic (exact) mass is 244 g/mol. The Hall–Kier alpha value is -1.60. The van der Waals surface area contributed by atoms with Gasteiger partial charge in [-0.2, -0.15) is 0 Å². The first kappa shape index (κ1) is 11.9. The van der Waals surface area contributed by atoms with Gasteiger partial charge >= 0.3 is 0 Å². The second kappa shape index (κ2) is 5.65. The van der Waals surface area contributed by atoms with Gasteiger partial charge in [0.05, 0.1) is 4.88 Å². The van der Waals surface area contributed by atoms with E-state index in [1.165, 1.54) is 4.88 Å². The van der Waals surface area contributed by atoms with Crippen molar-refractivity contribution in [2.45, 2.75) is 13.5 Å². The lowest BCUT2D eigenvalue weighted by Gasteiger charge is -1.96. The molecule has 0 aliphatic heterocycles. The summed E-state index contributed by atoms with van der Waals surface area (Å²) in [5, 5.41) is 8.32. The lowest BCUT2D eigenvalue weighted by Crippen LogP contribution is -1.87. The summed E-state index contributed by atoms with van der Waals surface area (Å²) in [6.07, 6.45) is 0. The van der Waals surface area contributed by atoms with Crippen LogP contribution in [0.5, 0.6) is 0 Å². The van der Waals surface area contributed by atoms with Gasteiger partial charge in [0.25, 0.3) is 0 Å². The molecule has 0 atom stereocenters. The molecule has 1 N–H and O–H groups in total. The van der Waals surface area contributed by atoms with E-state index in [0.29, 0.717) is 0 Å². The van der Waals surface area contributed by atoms with Crippen LogP contribution in [0, 0.1) is 18.8 Å². The highest BCUT2D eigenvalue weighted by Crippen LogP contribution is 2.13. The fourth-order valence-electron chi connectivity index (χ4n) is 1.39. The zero-order valence-corrected chi connectivity index (χ0v) is 10.3. The van der Waals surface area contributed by atoms with Crippen LogP contribution in [0.4, 0.5) is 0 Å². The Morgan fingerprint density at radius 1 is 1.12 bits per heavy atom. The van der Waals surface area contributed by atoms with Gasteiger partial charge in [0.1, 0.15) is 6.61 Å². The molecule has 0 amide bonds. The molecule has 1 aromatic carbocycles. The molecule has 1 heterocycles. The van der Waals surface area contributed by atoms with Crippen LogP contribution in [0.1, 0.15) is 20.9 Å². The van der Waals surface area contributed by atoms with Crippen molar-refractivity contribution in [1.82, 2.24) is 0 Å². The van der Waals surface area contributed by atoms with E-state index in [0.717, 1.165) is 16.0 Å². The van der Waals surface area contributed by atoms with Crippen molar-refractivity contribution in [1.29, 1.82) is 0 Å². The minimum absolute atomic E-state index is 0.206. The second-order valence-electron chi connectivity index (χ2n) is 3.63. The maximum Gasteiger partial charge on any atom is 0.107 e. The molecule has 86 valence electrons. The van der Waals surface area contributed by atoms with Crippen LogP contribution >= 0.6 is 11.3 Å². The maximum atomic E-state index is 8.32. The normalized spacial score (nSPS) is 9.76. The fraction of sp³-hybridized carbons (Fsp3) is 0.143. The molecular formula is C14H12O2S. The summed E-state index contributed by atoms with van der Waals surface area (Å²) in [4.78, 5) is 6.41. The van der Waals surface area contributed by atoms with Gasteiger partial charge in [0.2, 0.25) is 0 Å². The van der Waals surface area contributed by atoms with Crippen LogP contribution in [0.25, 0.3) is 0 Å². The predicted octanol–water partition coefficient (Wildman–Crippen LogP) is 3.45. The van der Waals surface area contributed by atoms with E-state index < -0.39 is 0 Å². The van der Waals surface area contributed by atoms with Gasteiger partial charge in [-0.3, -0.25) is 5.26 Å². The molecule has 17 heavy (non-hydrogen) atoms. The van der Waals surface area contributed by atoms with Crippen LogP contribution < -0.4 is 0 Å². The minimum Gasteiger partial charge on any atom is -0.251 e. The molecule has 3 heteroatoms. The first-order valence-corrected chi connectivity index (χ1v) is 6.03. The average molecular weight is 244 g/mol. The number of hydrogen-bond donors (Lipinski definition) is 1. The van der Waals surface area contributed by atoms with Gasteiger partial charge in [0, 0.05) is 10.4 Å². The van der Waals surface area contributed by atoms with Crippen molar-refractivity contribution in [3.05, 3.63) is 57.3 Å². The Balaban J connectivity index is 2.11. The molecule has 0 saturated heterocycles. The summed E-state index contributed by atoms with van der Waals surface area (Å²) in [6.45, 7) is 2.28. The van der Waals surface area contributed by atoms with Gasteiger partial charge in [-0.05, 0) is 36.8 Å². The van der Waals surface area contributed by atoms with E-state index >= 15 is 0 Å². The SMILES string of the molecule is Cc1ccc(C#Cc2ccc(COO)cc2)s1. The molecule has 0 fully saturated rings. The molecule has 0 saturated carbocycles. The van der Waals surface area contributed by atoms with Gasteiger partial charge in [-0.15, -0.1) is 11.3 Å². The number of rotatable bonds is 2. The van der Waals surface area contributed by atoms with Crippen LogP contribution in [0.3, 0.4) is 0 Å². The van der Waals surface area contributed by atoms with Crippen molar-refractivity contribution < 1.29 is 10.1 Å². The quantitative estimate of drug-likeness (QED) is 0.498. The Bertz CT molecular complexity index is 544. The smallest absolute Gasteiger partial charge is 0.107 e. The largest absolute Gasteiger partial charge is 0.251 e. The minimum atomic E-state index is 0.206. The zero-order chi connectivity index (χ0) is 12.1. The van der Waals surface area contributed by atoms with Crippen molar-refractivity contribution in [2.24, 2.45) is 0 Å². The summed E-state index contributed by atoms with van der Waals surface area (Å²) in [5.41, 5.74) is 1.88. The Morgan fingerprint density at radius 3 is 2.47 bits per heavy atom. The number of aryl methyl sites for hydroxylation is 1. The molecule has 0 radical (unpaired) electrons. The first-order valence-electron chi connectivity index (χ1n) is 5.22. The summed E-state index contributed by atoms with van der Waals surface area (Å²) >= 11 is 1.69. The molecule has 2 rings (SSSR count). The Morgan fingerprint density at radius 2 is 1.88 bits per heavy atom. The van der Waals surface area contributed by atoms with E-state index in [2.05, 4.69) is 29.7 Å². The van der Waals surface area contributed by atoms with Crippen molar-refractivity contribution in [3.8, 4) is 11.8 Å². The zero-order valence-electron chi connectivity index (χ0n) is 9.43. The molecule has 0 spiro atoms. The molecule has 2 aromatic rings. The molecule has 2 nitrogen and oxygen atoms in total. The fourth-order valence-corrected chi connectivity index (χ4v) is 2.12. The third-order valence-electron chi connectivity index (χ3n) is 2.26. The summed E-state index contributed by atoms with van der Waals surface area (Å²) < 4.78 is 0. The van der Waals surface area contributed by atoms with Gasteiger partial charge in [-0.1, -0.05) is 24.0 Å². The number of thiophene rings is 1. The maximum absolute atomic E-state index is 8.32. The van der Waals surface area contributed by atoms with Crippen molar-refractivity contribution in [2.75, 3.05) is 0 Å². The van der Waals surface area contributed by atoms with Gasteiger partial charge in [0.15, 0.2) is 0 Å². The van der Waals surface area contributed by atoms with Gasteiger partial charge < -0.3 is 0 Å². The second-order valence-corrected chi connectivity index (χ2v) is 4.92. The molecular weight excluding hydrogens is 232 g/mol. The van der Waals surface area contributed by atoms with E-state index in [9.17, 15) is 0 Å². The topological polar surface area (TPSA) is 29.5 Å². The van der Waals surface area contributed by atoms with Crippen molar-refractivity contribution in [3.63, 3.8) is 0 Å². The molecule has 0 unspecified atom stereocenters. The number of benzene rings is 1. The van der Waals surface area contributed by atoms with Crippen LogP contribution in [-0.4, -0.2) is 5.26 Å². The van der Waals surface area contributed by atoms with E-state index in [4.69, 9.17) is 5.26 Å². The predicted molar refractivity (Wildman–Crippen MR) is 68.9 cm³/mol. The van der Waals surface area contributed by atoms with Crippen LogP contribution in [0.15, 0.2) is 36.4 Å². The summed E-state index contributed by atoms with van der Waals surface area (Å²) in [6, 6.07) is 11.7. The first-order chi connectivity index (χ1) is 8.28. The summed E-state index contributed by atoms with van der Waals surface area (Å²) in [5.74, 6) is 6.22. The Kier molecular flexibility index (Phi) is 3.94. The third kappa shape index (κ3) is 3.43. The van der Waals surface area contributed by atoms with Crippen molar-refractivity contribution >= 4 is 11.3 Å².